The van der Waals surface area contributed by atoms with Crippen LogP contribution in [0.4, 0.5) is 5.69 Å². The molecule has 0 bridgehead atoms. The molecule has 4 heteroatoms. The maximum atomic E-state index is 5.50. The van der Waals surface area contributed by atoms with Crippen LogP contribution in [0.15, 0.2) is 30.3 Å². The van der Waals surface area contributed by atoms with Gasteiger partial charge >= 0.3 is 0 Å². The minimum atomic E-state index is 0.822. The van der Waals surface area contributed by atoms with E-state index < -0.39 is 0 Å². The van der Waals surface area contributed by atoms with E-state index in [1.165, 1.54) is 0 Å². The first kappa shape index (κ1) is 8.33. The smallest absolute Gasteiger partial charge is 0.211 e. The third-order valence-corrected chi connectivity index (χ3v) is 0.800. The van der Waals surface area contributed by atoms with Gasteiger partial charge in [-0.15, -0.1) is 0 Å². The summed E-state index contributed by atoms with van der Waals surface area (Å²) < 4.78 is 0. The molecule has 0 saturated carbocycles. The average Bonchev–Trinajstić information content (AvgIpc) is 1.91. The molecule has 1 aromatic carbocycles. The predicted octanol–water partition coefficient (Wildman–Crippen LogP) is 1.38. The standard InChI is InChI=1S/C6H7N.H2N3/c7-6-4-2-1-3-5-6;1-3-2/h1-5H,7H2;1-2H/q;+1. The third-order valence-electron chi connectivity index (χ3n) is 0.800. The Kier molecular flexibility index (Phi) is 4.55. The number of nitrogens with zero attached hydrogens (tertiary/aromatic N) is 1. The zero-order chi connectivity index (χ0) is 7.82. The van der Waals surface area contributed by atoms with Gasteiger partial charge in [0.15, 0.2) is 0 Å². The van der Waals surface area contributed by atoms with Gasteiger partial charge in [-0.3, -0.25) is 0 Å². The van der Waals surface area contributed by atoms with Crippen molar-refractivity contribution in [2.75, 3.05) is 5.73 Å². The Morgan fingerprint density at radius 2 is 1.50 bits per heavy atom. The summed E-state index contributed by atoms with van der Waals surface area (Å²) >= 11 is 0. The Hall–Kier alpha value is -1.67. The molecule has 0 aliphatic heterocycles. The topological polar surface area (TPSA) is 87.8 Å². The van der Waals surface area contributed by atoms with Crippen molar-refractivity contribution in [1.29, 1.82) is 11.1 Å². The lowest BCUT2D eigenvalue weighted by molar-refractivity contribution is 0.928. The highest BCUT2D eigenvalue weighted by Gasteiger charge is 1.72. The van der Waals surface area contributed by atoms with Gasteiger partial charge in [0.1, 0.15) is 11.1 Å². The Labute approximate surface area is 58.7 Å². The quantitative estimate of drug-likeness (QED) is 0.281. The molecule has 52 valence electrons. The van der Waals surface area contributed by atoms with Crippen molar-refractivity contribution in [2.24, 2.45) is 0 Å². The number of nitrogen functional groups attached to an aromatic ring is 1. The highest BCUT2D eigenvalue weighted by atomic mass is 15.0. The third kappa shape index (κ3) is 4.49. The molecule has 4 nitrogen and oxygen atoms in total. The molecular formula is C6H9N4+. The van der Waals surface area contributed by atoms with Crippen LogP contribution in [-0.4, -0.2) is 0 Å². The Bertz CT molecular complexity index is 200. The monoisotopic (exact) mass is 137 g/mol. The molecule has 1 aromatic rings. The predicted molar refractivity (Wildman–Crippen MR) is 38.4 cm³/mol. The lowest BCUT2D eigenvalue weighted by atomic mass is 10.3. The fourth-order valence-corrected chi connectivity index (χ4v) is 0.453. The largest absolute Gasteiger partial charge is 0.399 e. The maximum absolute atomic E-state index is 5.50. The summed E-state index contributed by atoms with van der Waals surface area (Å²) in [4.78, 5) is 2.00. The second-order valence-corrected chi connectivity index (χ2v) is 1.52. The highest BCUT2D eigenvalue weighted by molar-refractivity contribution is 5.35. The maximum Gasteiger partial charge on any atom is 0.211 e. The summed E-state index contributed by atoms with van der Waals surface area (Å²) in [6.45, 7) is 0. The van der Waals surface area contributed by atoms with Gasteiger partial charge in [-0.1, -0.05) is 18.2 Å². The fourth-order valence-electron chi connectivity index (χ4n) is 0.453. The van der Waals surface area contributed by atoms with Gasteiger partial charge in [-0.2, -0.15) is 0 Å². The molecule has 0 radical (unpaired) electrons. The summed E-state index contributed by atoms with van der Waals surface area (Å²) in [5.74, 6) is 0. The molecule has 0 saturated heterocycles. The van der Waals surface area contributed by atoms with Crippen molar-refractivity contribution < 1.29 is 0 Å². The van der Waals surface area contributed by atoms with E-state index in [9.17, 15) is 0 Å². The zero-order valence-corrected chi connectivity index (χ0v) is 5.41. The SMILES string of the molecule is N=[N+]=N.Nc1ccccc1. The van der Waals surface area contributed by atoms with Gasteiger partial charge < -0.3 is 5.73 Å². The van der Waals surface area contributed by atoms with E-state index in [1.807, 2.05) is 35.2 Å². The van der Waals surface area contributed by atoms with Crippen LogP contribution in [0, 0.1) is 11.1 Å². The van der Waals surface area contributed by atoms with Crippen LogP contribution in [0.1, 0.15) is 0 Å². The van der Waals surface area contributed by atoms with Crippen molar-refractivity contribution in [3.8, 4) is 0 Å². The van der Waals surface area contributed by atoms with E-state index >= 15 is 0 Å². The van der Waals surface area contributed by atoms with Gasteiger partial charge in [0.2, 0.25) is 4.91 Å². The summed E-state index contributed by atoms with van der Waals surface area (Å²) in [6.07, 6.45) is 0. The number of nitrogens with one attached hydrogen (secondary N) is 2. The number of para-hydroxylation sites is 1. The van der Waals surface area contributed by atoms with Crippen LogP contribution in [0.5, 0.6) is 0 Å². The molecule has 10 heavy (non-hydrogen) atoms. The normalized spacial score (nSPS) is 6.80. The van der Waals surface area contributed by atoms with E-state index in [0.29, 0.717) is 0 Å². The zero-order valence-electron chi connectivity index (χ0n) is 5.41. The first-order chi connectivity index (χ1) is 4.81. The second-order valence-electron chi connectivity index (χ2n) is 1.52. The van der Waals surface area contributed by atoms with E-state index in [2.05, 4.69) is 0 Å². The van der Waals surface area contributed by atoms with Crippen LogP contribution < -0.4 is 10.6 Å². The Balaban J connectivity index is 0.000000236. The number of benzene rings is 1. The molecular weight excluding hydrogens is 128 g/mol. The van der Waals surface area contributed by atoms with Crippen molar-refractivity contribution in [1.82, 2.24) is 4.91 Å². The van der Waals surface area contributed by atoms with Gasteiger partial charge in [-0.05, 0) is 12.1 Å². The van der Waals surface area contributed by atoms with E-state index in [-0.39, 0.29) is 0 Å². The average molecular weight is 137 g/mol. The van der Waals surface area contributed by atoms with Crippen LogP contribution in [0.25, 0.3) is 0 Å². The molecule has 0 heterocycles. The summed E-state index contributed by atoms with van der Waals surface area (Å²) in [5, 5.41) is 0. The lowest BCUT2D eigenvalue weighted by Crippen LogP contribution is -1.79. The van der Waals surface area contributed by atoms with Gasteiger partial charge in [0.05, 0.1) is 0 Å². The van der Waals surface area contributed by atoms with Gasteiger partial charge in [-0.25, -0.2) is 0 Å². The molecule has 0 atom stereocenters. The van der Waals surface area contributed by atoms with Gasteiger partial charge in [0, 0.05) is 5.69 Å². The molecule has 0 unspecified atom stereocenters. The van der Waals surface area contributed by atoms with Crippen molar-refractivity contribution in [3.05, 3.63) is 30.3 Å². The number of hydrogen-bond acceptors (Lipinski definition) is 3. The summed E-state index contributed by atoms with van der Waals surface area (Å²) in [5.41, 5.74) is 17.2. The molecule has 0 aliphatic rings. The molecule has 4 N–H and O–H groups in total. The van der Waals surface area contributed by atoms with Gasteiger partial charge in [0.25, 0.3) is 0 Å². The Morgan fingerprint density at radius 1 is 1.10 bits per heavy atom. The van der Waals surface area contributed by atoms with Crippen LogP contribution in [0.3, 0.4) is 0 Å². The molecule has 0 aliphatic carbocycles. The molecule has 0 fully saturated rings. The minimum Gasteiger partial charge on any atom is -0.399 e. The lowest BCUT2D eigenvalue weighted by Gasteiger charge is -1.83. The van der Waals surface area contributed by atoms with E-state index in [1.54, 1.807) is 0 Å². The first-order valence-electron chi connectivity index (χ1n) is 2.65. The van der Waals surface area contributed by atoms with E-state index in [4.69, 9.17) is 16.8 Å². The first-order valence-corrected chi connectivity index (χ1v) is 2.65. The summed E-state index contributed by atoms with van der Waals surface area (Å²) in [6, 6.07) is 9.49. The van der Waals surface area contributed by atoms with E-state index in [0.717, 1.165) is 5.69 Å². The number of anilines is 1. The molecule has 1 rings (SSSR count). The minimum absolute atomic E-state index is 0.822. The summed E-state index contributed by atoms with van der Waals surface area (Å²) in [7, 11) is 0. The van der Waals surface area contributed by atoms with Crippen LogP contribution >= 0.6 is 0 Å². The Morgan fingerprint density at radius 3 is 1.70 bits per heavy atom. The second kappa shape index (κ2) is 5.47. The van der Waals surface area contributed by atoms with Crippen molar-refractivity contribution in [2.45, 2.75) is 0 Å². The van der Waals surface area contributed by atoms with Crippen molar-refractivity contribution >= 4 is 5.69 Å². The molecule has 0 spiro atoms. The van der Waals surface area contributed by atoms with Crippen LogP contribution in [-0.2, 0) is 0 Å². The number of rotatable bonds is 0. The number of nitrogens with two attached hydrogens (primary N) is 1. The highest BCUT2D eigenvalue weighted by Crippen LogP contribution is 1.95. The van der Waals surface area contributed by atoms with Crippen LogP contribution in [0.2, 0.25) is 0 Å². The molecule has 0 aromatic heterocycles. The fraction of sp³-hybridized carbons (Fsp3) is 0. The van der Waals surface area contributed by atoms with Crippen molar-refractivity contribution in [3.63, 3.8) is 0 Å². The number of hydrogen-bond donors (Lipinski definition) is 3. The molecule has 0 amide bonds.